The quantitative estimate of drug-likeness (QED) is 0.135. The third-order valence-electron chi connectivity index (χ3n) is 7.76. The number of ketones is 1. The molecule has 0 saturated carbocycles. The van der Waals surface area contributed by atoms with E-state index in [4.69, 9.17) is 4.74 Å². The van der Waals surface area contributed by atoms with Crippen molar-refractivity contribution in [3.63, 3.8) is 0 Å². The van der Waals surface area contributed by atoms with Crippen molar-refractivity contribution >= 4 is 40.1 Å². The highest BCUT2D eigenvalue weighted by Gasteiger charge is 2.22. The summed E-state index contributed by atoms with van der Waals surface area (Å²) in [6.07, 6.45) is 1.66. The third-order valence-corrected chi connectivity index (χ3v) is 7.76. The van der Waals surface area contributed by atoms with Crippen LogP contribution in [0.5, 0.6) is 5.75 Å². The molecule has 0 spiro atoms. The molecule has 1 unspecified atom stereocenters. The number of nitrogens with zero attached hydrogens (tertiary/aromatic N) is 3. The number of hydrogen-bond acceptors (Lipinski definition) is 7. The number of aromatic nitrogens is 2. The number of rotatable bonds is 13. The summed E-state index contributed by atoms with van der Waals surface area (Å²) < 4.78 is 6.00. The number of hydrogen-bond donors (Lipinski definition) is 2. The number of carboxylic acids is 1. The Bertz CT molecular complexity index is 2040. The van der Waals surface area contributed by atoms with Crippen molar-refractivity contribution in [3.8, 4) is 5.75 Å². The number of ether oxygens (including phenoxy) is 1. The van der Waals surface area contributed by atoms with Crippen LogP contribution in [-0.4, -0.2) is 51.9 Å². The molecule has 9 heteroatoms. The van der Waals surface area contributed by atoms with E-state index in [-0.39, 0.29) is 37.0 Å². The molecule has 1 heterocycles. The van der Waals surface area contributed by atoms with E-state index in [0.29, 0.717) is 39.3 Å². The number of amides is 1. The number of carbonyl (C=O) groups is 3. The number of nitrogens with one attached hydrogen (secondary N) is 1. The molecule has 1 aromatic heterocycles. The number of anilines is 2. The van der Waals surface area contributed by atoms with Crippen molar-refractivity contribution < 1.29 is 24.2 Å². The van der Waals surface area contributed by atoms with Crippen molar-refractivity contribution in [2.45, 2.75) is 12.5 Å². The first-order chi connectivity index (χ1) is 23.5. The normalized spacial score (nSPS) is 11.4. The number of aliphatic carboxylic acids is 1. The highest BCUT2D eigenvalue weighted by molar-refractivity contribution is 6.12. The van der Waals surface area contributed by atoms with Crippen LogP contribution in [0.3, 0.4) is 0 Å². The van der Waals surface area contributed by atoms with E-state index in [1.807, 2.05) is 60.7 Å². The average Bonchev–Trinajstić information content (AvgIpc) is 3.14. The lowest BCUT2D eigenvalue weighted by Crippen LogP contribution is -2.35. The van der Waals surface area contributed by atoms with Gasteiger partial charge in [-0.05, 0) is 54.1 Å². The Morgan fingerprint density at radius 2 is 1.40 bits per heavy atom. The van der Waals surface area contributed by atoms with Gasteiger partial charge < -0.3 is 20.1 Å². The van der Waals surface area contributed by atoms with Crippen molar-refractivity contribution in [2.75, 3.05) is 23.4 Å². The summed E-state index contributed by atoms with van der Waals surface area (Å²) in [5, 5.41) is 13.1. The second-order valence-corrected chi connectivity index (χ2v) is 11.0. The first-order valence-corrected chi connectivity index (χ1v) is 15.4. The highest BCUT2D eigenvalue weighted by Crippen LogP contribution is 2.23. The maximum Gasteiger partial charge on any atom is 0.326 e. The van der Waals surface area contributed by atoms with Crippen LogP contribution in [0.1, 0.15) is 32.0 Å². The third kappa shape index (κ3) is 7.54. The van der Waals surface area contributed by atoms with E-state index >= 15 is 0 Å². The minimum absolute atomic E-state index is 0.173. The second kappa shape index (κ2) is 14.8. The Labute approximate surface area is 277 Å². The standard InChI is InChI=1S/C39H32N4O5/c44-37(28-11-3-1-4-12-28)31-15-7-8-16-32(31)41-35(39(46)47)25-27-19-21-30(22-20-27)48-24-23-43(29-13-5-2-6-14-29)38(45)36-26-40-33-17-9-10-18-34(33)42-36/h1-22,26,35,41H,23-25H2,(H,46,47). The molecule has 9 nitrogen and oxygen atoms in total. The van der Waals surface area contributed by atoms with Crippen LogP contribution in [0.2, 0.25) is 0 Å². The Balaban J connectivity index is 1.10. The monoisotopic (exact) mass is 636 g/mol. The fourth-order valence-corrected chi connectivity index (χ4v) is 5.31. The molecule has 6 aromatic rings. The predicted molar refractivity (Wildman–Crippen MR) is 185 cm³/mol. The summed E-state index contributed by atoms with van der Waals surface area (Å²) in [5.41, 5.74) is 4.42. The molecule has 0 radical (unpaired) electrons. The molecule has 0 aliphatic carbocycles. The highest BCUT2D eigenvalue weighted by atomic mass is 16.5. The van der Waals surface area contributed by atoms with Crippen LogP contribution in [0.15, 0.2) is 140 Å². The molecule has 1 atom stereocenters. The van der Waals surface area contributed by atoms with Gasteiger partial charge in [0.2, 0.25) is 0 Å². The summed E-state index contributed by atoms with van der Waals surface area (Å²) in [7, 11) is 0. The van der Waals surface area contributed by atoms with Crippen molar-refractivity contribution in [2.24, 2.45) is 0 Å². The molecule has 5 aromatic carbocycles. The van der Waals surface area contributed by atoms with E-state index in [0.717, 1.165) is 5.56 Å². The Hall–Kier alpha value is -6.35. The van der Waals surface area contributed by atoms with E-state index in [2.05, 4.69) is 15.3 Å². The SMILES string of the molecule is O=C(c1ccccc1)c1ccccc1NC(Cc1ccc(OCCN(C(=O)c2cnc3ccccc3n2)c2ccccc2)cc1)C(=O)O. The topological polar surface area (TPSA) is 122 Å². The van der Waals surface area contributed by atoms with Gasteiger partial charge in [-0.1, -0.05) is 84.9 Å². The first kappa shape index (κ1) is 31.6. The van der Waals surface area contributed by atoms with Crippen LogP contribution in [0.25, 0.3) is 11.0 Å². The van der Waals surface area contributed by atoms with Gasteiger partial charge in [0.15, 0.2) is 5.78 Å². The average molecular weight is 637 g/mol. The zero-order valence-corrected chi connectivity index (χ0v) is 25.9. The fraction of sp³-hybridized carbons (Fsp3) is 0.103. The lowest BCUT2D eigenvalue weighted by Gasteiger charge is -2.23. The van der Waals surface area contributed by atoms with Gasteiger partial charge in [0.05, 0.1) is 23.8 Å². The Kier molecular flexibility index (Phi) is 9.77. The minimum Gasteiger partial charge on any atom is -0.492 e. The zero-order valence-electron chi connectivity index (χ0n) is 25.9. The van der Waals surface area contributed by atoms with Gasteiger partial charge in [0, 0.05) is 28.9 Å². The largest absolute Gasteiger partial charge is 0.492 e. The van der Waals surface area contributed by atoms with Crippen molar-refractivity contribution in [1.29, 1.82) is 0 Å². The van der Waals surface area contributed by atoms with Crippen LogP contribution in [-0.2, 0) is 11.2 Å². The zero-order chi connectivity index (χ0) is 33.3. The molecule has 1 amide bonds. The smallest absolute Gasteiger partial charge is 0.326 e. The summed E-state index contributed by atoms with van der Waals surface area (Å²) in [5.74, 6) is -0.956. The van der Waals surface area contributed by atoms with E-state index < -0.39 is 12.0 Å². The van der Waals surface area contributed by atoms with Crippen molar-refractivity contribution in [3.05, 3.63) is 162 Å². The Morgan fingerprint density at radius 3 is 2.12 bits per heavy atom. The minimum atomic E-state index is -1.04. The van der Waals surface area contributed by atoms with Crippen LogP contribution < -0.4 is 15.0 Å². The molecule has 238 valence electrons. The number of fused-ring (bicyclic) bond motifs is 1. The number of para-hydroxylation sites is 4. The molecule has 2 N–H and O–H groups in total. The molecule has 0 aliphatic rings. The second-order valence-electron chi connectivity index (χ2n) is 11.0. The van der Waals surface area contributed by atoms with Crippen LogP contribution in [0.4, 0.5) is 11.4 Å². The van der Waals surface area contributed by atoms with Gasteiger partial charge in [-0.25, -0.2) is 9.78 Å². The molecule has 6 rings (SSSR count). The number of benzene rings is 5. The van der Waals surface area contributed by atoms with Crippen LogP contribution in [0, 0.1) is 0 Å². The molecular formula is C39H32N4O5. The molecular weight excluding hydrogens is 604 g/mol. The first-order valence-electron chi connectivity index (χ1n) is 15.4. The summed E-state index contributed by atoms with van der Waals surface area (Å²) >= 11 is 0. The summed E-state index contributed by atoms with van der Waals surface area (Å²) in [6, 6.07) is 38.6. The maximum absolute atomic E-state index is 13.6. The van der Waals surface area contributed by atoms with Gasteiger partial charge in [0.1, 0.15) is 24.1 Å². The molecule has 0 bridgehead atoms. The van der Waals surface area contributed by atoms with E-state index in [1.165, 1.54) is 6.20 Å². The van der Waals surface area contributed by atoms with Crippen molar-refractivity contribution in [1.82, 2.24) is 9.97 Å². The fourth-order valence-electron chi connectivity index (χ4n) is 5.31. The summed E-state index contributed by atoms with van der Waals surface area (Å²) in [4.78, 5) is 49.5. The lowest BCUT2D eigenvalue weighted by molar-refractivity contribution is -0.137. The molecule has 0 aliphatic heterocycles. The maximum atomic E-state index is 13.6. The van der Waals surface area contributed by atoms with E-state index in [1.54, 1.807) is 77.7 Å². The predicted octanol–water partition coefficient (Wildman–Crippen LogP) is 6.69. The lowest BCUT2D eigenvalue weighted by atomic mass is 10.00. The number of carboxylic acid groups (broad SMARTS) is 1. The van der Waals surface area contributed by atoms with Gasteiger partial charge in [-0.15, -0.1) is 0 Å². The van der Waals surface area contributed by atoms with Gasteiger partial charge in [-0.3, -0.25) is 14.6 Å². The van der Waals surface area contributed by atoms with Gasteiger partial charge >= 0.3 is 5.97 Å². The van der Waals surface area contributed by atoms with Gasteiger partial charge in [0.25, 0.3) is 5.91 Å². The van der Waals surface area contributed by atoms with E-state index in [9.17, 15) is 19.5 Å². The molecule has 0 fully saturated rings. The van der Waals surface area contributed by atoms with Gasteiger partial charge in [-0.2, -0.15) is 0 Å². The summed E-state index contributed by atoms with van der Waals surface area (Å²) in [6.45, 7) is 0.456. The molecule has 48 heavy (non-hydrogen) atoms. The Morgan fingerprint density at radius 1 is 0.750 bits per heavy atom. The van der Waals surface area contributed by atoms with Crippen LogP contribution >= 0.6 is 0 Å². The molecule has 0 saturated heterocycles. The number of carbonyl (C=O) groups excluding carboxylic acids is 2.